The van der Waals surface area contributed by atoms with Gasteiger partial charge in [0.1, 0.15) is 10.6 Å². The van der Waals surface area contributed by atoms with Crippen LogP contribution < -0.4 is 5.32 Å². The van der Waals surface area contributed by atoms with Gasteiger partial charge in [-0.25, -0.2) is 4.79 Å². The number of amides is 3. The van der Waals surface area contributed by atoms with Gasteiger partial charge in [-0.3, -0.25) is 19.3 Å². The number of hydrogen-bond acceptors (Lipinski definition) is 6. The van der Waals surface area contributed by atoms with Crippen LogP contribution in [0.3, 0.4) is 0 Å². The quantitative estimate of drug-likeness (QED) is 0.378. The molecule has 2 fully saturated rings. The van der Waals surface area contributed by atoms with E-state index in [4.69, 9.17) is 4.74 Å². The number of nitrogens with zero attached hydrogens (tertiary/aromatic N) is 1. The molecular formula is C28H34N2O5S. The minimum atomic E-state index is -0.551. The normalized spacial score (nSPS) is 22.6. The van der Waals surface area contributed by atoms with Gasteiger partial charge in [0, 0.05) is 29.3 Å². The Morgan fingerprint density at radius 2 is 1.86 bits per heavy atom. The summed E-state index contributed by atoms with van der Waals surface area (Å²) in [7, 11) is 0. The fourth-order valence-electron chi connectivity index (χ4n) is 5.68. The van der Waals surface area contributed by atoms with Gasteiger partial charge in [0.2, 0.25) is 17.7 Å². The highest BCUT2D eigenvalue weighted by atomic mass is 32.1. The molecule has 192 valence electrons. The number of rotatable bonds is 8. The molecule has 1 N–H and O–H groups in total. The maximum Gasteiger partial charge on any atom is 0.341 e. The van der Waals surface area contributed by atoms with Gasteiger partial charge in [-0.1, -0.05) is 51.1 Å². The molecule has 2 heterocycles. The number of carbonyl (C=O) groups excluding carboxylic acids is 4. The van der Waals surface area contributed by atoms with Crippen molar-refractivity contribution >= 4 is 40.0 Å². The Labute approximate surface area is 216 Å². The summed E-state index contributed by atoms with van der Waals surface area (Å²) < 4.78 is 5.30. The van der Waals surface area contributed by atoms with Crippen molar-refractivity contribution in [2.45, 2.75) is 60.3 Å². The third-order valence-electron chi connectivity index (χ3n) is 8.17. The van der Waals surface area contributed by atoms with Crippen molar-refractivity contribution in [1.29, 1.82) is 0 Å². The fourth-order valence-corrected chi connectivity index (χ4v) is 6.76. The van der Waals surface area contributed by atoms with Gasteiger partial charge >= 0.3 is 5.97 Å². The highest BCUT2D eigenvalue weighted by Crippen LogP contribution is 2.60. The Kier molecular flexibility index (Phi) is 7.10. The number of ether oxygens (including phenoxy) is 1. The van der Waals surface area contributed by atoms with Gasteiger partial charge in [-0.05, 0) is 44.1 Å². The van der Waals surface area contributed by atoms with Crippen LogP contribution in [0.1, 0.15) is 68.6 Å². The number of hydrogen-bond donors (Lipinski definition) is 1. The summed E-state index contributed by atoms with van der Waals surface area (Å²) in [4.78, 5) is 54.2. The lowest BCUT2D eigenvalue weighted by atomic mass is 9.62. The molecular weight excluding hydrogens is 476 g/mol. The monoisotopic (exact) mass is 510 g/mol. The van der Waals surface area contributed by atoms with Crippen molar-refractivity contribution in [3.8, 4) is 11.1 Å². The number of thiophene rings is 1. The Bertz CT molecular complexity index is 1200. The summed E-state index contributed by atoms with van der Waals surface area (Å²) >= 11 is 1.34. The zero-order valence-electron chi connectivity index (χ0n) is 21.6. The van der Waals surface area contributed by atoms with Crippen LogP contribution in [0.25, 0.3) is 11.1 Å². The molecule has 1 aliphatic heterocycles. The van der Waals surface area contributed by atoms with Gasteiger partial charge in [0.25, 0.3) is 0 Å². The minimum Gasteiger partial charge on any atom is -0.462 e. The van der Waals surface area contributed by atoms with Crippen LogP contribution in [-0.4, -0.2) is 41.7 Å². The Morgan fingerprint density at radius 3 is 2.53 bits per heavy atom. The van der Waals surface area contributed by atoms with E-state index in [9.17, 15) is 19.2 Å². The third kappa shape index (κ3) is 4.25. The van der Waals surface area contributed by atoms with Crippen molar-refractivity contribution in [2.24, 2.45) is 16.7 Å². The second-order valence-corrected chi connectivity index (χ2v) is 11.6. The van der Waals surface area contributed by atoms with Crippen molar-refractivity contribution in [1.82, 2.24) is 4.90 Å². The SMILES string of the molecule is CCOC(=O)c1c(NC(=O)CCCN2C(=O)C3CCC(C)(C2=O)C3(C)C)sc(C)c1-c1ccccc1. The largest absolute Gasteiger partial charge is 0.462 e. The van der Waals surface area contributed by atoms with Crippen LogP contribution in [0.2, 0.25) is 0 Å². The lowest BCUT2D eigenvalue weighted by Crippen LogP contribution is -2.59. The Balaban J connectivity index is 1.46. The molecule has 4 rings (SSSR count). The number of benzene rings is 1. The maximum absolute atomic E-state index is 13.2. The van der Waals surface area contributed by atoms with E-state index in [0.717, 1.165) is 22.4 Å². The number of aryl methyl sites for hydroxylation is 1. The van der Waals surface area contributed by atoms with Crippen molar-refractivity contribution in [2.75, 3.05) is 18.5 Å². The highest BCUT2D eigenvalue weighted by molar-refractivity contribution is 7.17. The van der Waals surface area contributed by atoms with Gasteiger partial charge < -0.3 is 10.1 Å². The smallest absolute Gasteiger partial charge is 0.341 e. The maximum atomic E-state index is 13.2. The topological polar surface area (TPSA) is 92.8 Å². The van der Waals surface area contributed by atoms with Gasteiger partial charge in [-0.15, -0.1) is 11.3 Å². The van der Waals surface area contributed by atoms with Crippen LogP contribution in [0.15, 0.2) is 30.3 Å². The zero-order chi connectivity index (χ0) is 26.3. The average molecular weight is 511 g/mol. The molecule has 7 nitrogen and oxygen atoms in total. The number of fused-ring (bicyclic) bond motifs is 2. The van der Waals surface area contributed by atoms with Gasteiger partial charge in [-0.2, -0.15) is 0 Å². The molecule has 1 aromatic heterocycles. The lowest BCUT2D eigenvalue weighted by Gasteiger charge is -2.47. The average Bonchev–Trinajstić information content (AvgIpc) is 3.25. The number of imide groups is 1. The third-order valence-corrected chi connectivity index (χ3v) is 9.19. The molecule has 36 heavy (non-hydrogen) atoms. The Hall–Kier alpha value is -3.00. The van der Waals surface area contributed by atoms with E-state index in [2.05, 4.69) is 5.32 Å². The first-order valence-corrected chi connectivity index (χ1v) is 13.4. The molecule has 2 unspecified atom stereocenters. The summed E-state index contributed by atoms with van der Waals surface area (Å²) in [6.45, 7) is 10.1. The van der Waals surface area contributed by atoms with E-state index >= 15 is 0 Å². The first-order chi connectivity index (χ1) is 17.0. The van der Waals surface area contributed by atoms with E-state index < -0.39 is 11.4 Å². The first kappa shape index (κ1) is 26.1. The molecule has 2 aromatic rings. The molecule has 0 radical (unpaired) electrons. The van der Waals surface area contributed by atoms with E-state index in [1.165, 1.54) is 16.2 Å². The molecule has 3 amide bonds. The molecule has 2 aliphatic rings. The molecule has 1 aliphatic carbocycles. The molecule has 1 aromatic carbocycles. The summed E-state index contributed by atoms with van der Waals surface area (Å²) in [5.41, 5.74) is 1.08. The number of anilines is 1. The van der Waals surface area contributed by atoms with E-state index in [1.807, 2.05) is 58.0 Å². The van der Waals surface area contributed by atoms with E-state index in [-0.39, 0.29) is 48.6 Å². The molecule has 1 saturated carbocycles. The molecule has 8 heteroatoms. The predicted molar refractivity (Wildman–Crippen MR) is 140 cm³/mol. The number of carbonyl (C=O) groups is 4. The van der Waals surface area contributed by atoms with Crippen molar-refractivity contribution in [3.05, 3.63) is 40.8 Å². The summed E-state index contributed by atoms with van der Waals surface area (Å²) in [5.74, 6) is -1.16. The van der Waals surface area contributed by atoms with Crippen molar-refractivity contribution < 1.29 is 23.9 Å². The summed E-state index contributed by atoms with van der Waals surface area (Å²) in [6, 6.07) is 9.55. The van der Waals surface area contributed by atoms with Gasteiger partial charge in [0.05, 0.1) is 12.0 Å². The van der Waals surface area contributed by atoms with Crippen LogP contribution in [0.4, 0.5) is 5.00 Å². The zero-order valence-corrected chi connectivity index (χ0v) is 22.4. The van der Waals surface area contributed by atoms with Crippen LogP contribution >= 0.6 is 11.3 Å². The molecule has 1 saturated heterocycles. The minimum absolute atomic E-state index is 0.119. The number of nitrogens with one attached hydrogen (secondary N) is 1. The molecule has 2 atom stereocenters. The van der Waals surface area contributed by atoms with Crippen LogP contribution in [0, 0.1) is 23.7 Å². The molecule has 0 spiro atoms. The van der Waals surface area contributed by atoms with Gasteiger partial charge in [0.15, 0.2) is 0 Å². The Morgan fingerprint density at radius 1 is 1.17 bits per heavy atom. The first-order valence-electron chi connectivity index (χ1n) is 12.5. The second kappa shape index (κ2) is 9.81. The summed E-state index contributed by atoms with van der Waals surface area (Å²) in [5, 5.41) is 3.33. The standard InChI is InChI=1S/C28H34N2O5S/c1-6-35-25(33)22-21(18-11-8-7-9-12-18)17(2)36-23(22)29-20(31)13-10-16-30-24(32)19-14-15-28(5,26(30)34)27(19,3)4/h7-9,11-12,19H,6,10,13-16H2,1-5H3,(H,29,31). The second-order valence-electron chi connectivity index (χ2n) is 10.4. The van der Waals surface area contributed by atoms with Crippen LogP contribution in [-0.2, 0) is 19.1 Å². The number of piperidine rings is 1. The summed E-state index contributed by atoms with van der Waals surface area (Å²) in [6.07, 6.45) is 1.92. The predicted octanol–water partition coefficient (Wildman–Crippen LogP) is 5.43. The van der Waals surface area contributed by atoms with E-state index in [1.54, 1.807) is 6.92 Å². The van der Waals surface area contributed by atoms with Crippen LogP contribution in [0.5, 0.6) is 0 Å². The van der Waals surface area contributed by atoms with E-state index in [0.29, 0.717) is 23.4 Å². The highest BCUT2D eigenvalue weighted by Gasteiger charge is 2.64. The molecule has 2 bridgehead atoms. The fraction of sp³-hybridized carbons (Fsp3) is 0.500. The van der Waals surface area contributed by atoms with Crippen molar-refractivity contribution in [3.63, 3.8) is 0 Å². The number of likely N-dealkylation sites (tertiary alicyclic amines) is 1. The number of esters is 1. The lowest BCUT2D eigenvalue weighted by molar-refractivity contribution is -0.168.